The van der Waals surface area contributed by atoms with E-state index in [1.807, 2.05) is 31.2 Å². The Hall–Kier alpha value is -3.44. The molecule has 1 saturated heterocycles. The minimum absolute atomic E-state index is 0.301. The van der Waals surface area contributed by atoms with Gasteiger partial charge in [0.25, 0.3) is 0 Å². The summed E-state index contributed by atoms with van der Waals surface area (Å²) in [6, 6.07) is 5.50. The number of nitrogens with zero attached hydrogens (tertiary/aromatic N) is 4. The highest BCUT2D eigenvalue weighted by Gasteiger charge is 2.25. The molecular formula is C24H29N5O3. The van der Waals surface area contributed by atoms with Gasteiger partial charge in [0, 0.05) is 25.3 Å². The molecule has 3 rings (SSSR count). The lowest BCUT2D eigenvalue weighted by molar-refractivity contribution is 0.0551. The van der Waals surface area contributed by atoms with Gasteiger partial charge in [0.05, 0.1) is 24.5 Å². The Kier molecular flexibility index (Phi) is 8.17. The smallest absolute Gasteiger partial charge is 0.327 e. The molecule has 0 unspecified atom stereocenters. The summed E-state index contributed by atoms with van der Waals surface area (Å²) in [5.41, 5.74) is 3.17. The van der Waals surface area contributed by atoms with Gasteiger partial charge in [-0.1, -0.05) is 19.1 Å². The topological polar surface area (TPSA) is 98.6 Å². The van der Waals surface area contributed by atoms with Crippen LogP contribution in [0.2, 0.25) is 0 Å². The van der Waals surface area contributed by atoms with Gasteiger partial charge in [0.15, 0.2) is 6.29 Å². The number of pyridine rings is 1. The van der Waals surface area contributed by atoms with Crippen molar-refractivity contribution in [2.45, 2.75) is 33.1 Å². The zero-order valence-electron chi connectivity index (χ0n) is 18.6. The first-order chi connectivity index (χ1) is 15.6. The fourth-order valence-electron chi connectivity index (χ4n) is 3.75. The van der Waals surface area contributed by atoms with Crippen molar-refractivity contribution in [3.63, 3.8) is 0 Å². The molecule has 1 aromatic rings. The summed E-state index contributed by atoms with van der Waals surface area (Å²) in [5.74, 6) is 0.527. The number of hydrogen-bond acceptors (Lipinski definition) is 6. The van der Waals surface area contributed by atoms with Gasteiger partial charge in [-0.05, 0) is 50.0 Å². The largest absolute Gasteiger partial charge is 0.378 e. The van der Waals surface area contributed by atoms with Crippen molar-refractivity contribution >= 4 is 18.1 Å². The van der Waals surface area contributed by atoms with Crippen LogP contribution in [0.1, 0.15) is 42.7 Å². The van der Waals surface area contributed by atoms with Crippen LogP contribution in [0.5, 0.6) is 0 Å². The standard InChI is InChI=1S/C24H29N5O3/c1-3-4-6-20(16-25)22(28-11-13-32-14-12-28)15-18(2)26-24(31)29-10-5-7-19-8-9-21(17-30)27-23(19)29/h4,6,8-9,15,17H,3,5,7,10-14H2,1-2H3,(H,26,31)/b6-4+,18-15+,22-20-. The van der Waals surface area contributed by atoms with Gasteiger partial charge in [-0.3, -0.25) is 9.69 Å². The van der Waals surface area contributed by atoms with Gasteiger partial charge in [-0.2, -0.15) is 5.26 Å². The predicted octanol–water partition coefficient (Wildman–Crippen LogP) is 3.34. The number of urea groups is 1. The van der Waals surface area contributed by atoms with E-state index in [1.165, 1.54) is 0 Å². The van der Waals surface area contributed by atoms with Crippen LogP contribution in [0.25, 0.3) is 0 Å². The first kappa shape index (κ1) is 23.2. The van der Waals surface area contributed by atoms with Crippen LogP contribution >= 0.6 is 0 Å². The Morgan fingerprint density at radius 2 is 2.09 bits per heavy atom. The van der Waals surface area contributed by atoms with Gasteiger partial charge in [-0.25, -0.2) is 9.78 Å². The molecule has 2 aliphatic heterocycles. The molecule has 1 fully saturated rings. The van der Waals surface area contributed by atoms with E-state index >= 15 is 0 Å². The molecule has 0 atom stereocenters. The Balaban J connectivity index is 1.86. The number of allylic oxidation sites excluding steroid dienone is 5. The number of amides is 2. The number of anilines is 1. The molecule has 2 aliphatic rings. The molecule has 8 heteroatoms. The number of fused-ring (bicyclic) bond motifs is 1. The number of nitrogens with one attached hydrogen (secondary N) is 1. The summed E-state index contributed by atoms with van der Waals surface area (Å²) in [4.78, 5) is 32.2. The van der Waals surface area contributed by atoms with Crippen molar-refractivity contribution in [2.24, 2.45) is 0 Å². The maximum absolute atomic E-state index is 13.1. The lowest BCUT2D eigenvalue weighted by Gasteiger charge is -2.31. The van der Waals surface area contributed by atoms with Crippen molar-refractivity contribution < 1.29 is 14.3 Å². The van der Waals surface area contributed by atoms with Crippen LogP contribution in [0, 0.1) is 11.3 Å². The number of rotatable bonds is 6. The Bertz CT molecular complexity index is 984. The first-order valence-corrected chi connectivity index (χ1v) is 10.9. The van der Waals surface area contributed by atoms with Crippen molar-refractivity contribution in [1.29, 1.82) is 5.26 Å². The molecule has 2 amide bonds. The van der Waals surface area contributed by atoms with Gasteiger partial charge >= 0.3 is 6.03 Å². The fraction of sp³-hybridized carbons (Fsp3) is 0.417. The lowest BCUT2D eigenvalue weighted by atomic mass is 10.1. The van der Waals surface area contributed by atoms with E-state index in [2.05, 4.69) is 21.3 Å². The van der Waals surface area contributed by atoms with E-state index in [9.17, 15) is 14.9 Å². The lowest BCUT2D eigenvalue weighted by Crippen LogP contribution is -2.43. The van der Waals surface area contributed by atoms with E-state index in [0.29, 0.717) is 61.9 Å². The van der Waals surface area contributed by atoms with E-state index in [4.69, 9.17) is 4.74 Å². The summed E-state index contributed by atoms with van der Waals surface area (Å²) in [6.45, 7) is 6.88. The Morgan fingerprint density at radius 1 is 1.31 bits per heavy atom. The van der Waals surface area contributed by atoms with E-state index in [-0.39, 0.29) is 6.03 Å². The molecule has 0 aliphatic carbocycles. The quantitative estimate of drug-likeness (QED) is 0.418. The Labute approximate surface area is 188 Å². The minimum atomic E-state index is -0.306. The second-order valence-electron chi connectivity index (χ2n) is 7.67. The number of aldehydes is 1. The minimum Gasteiger partial charge on any atom is -0.378 e. The highest BCUT2D eigenvalue weighted by Crippen LogP contribution is 2.25. The Morgan fingerprint density at radius 3 is 2.78 bits per heavy atom. The second kappa shape index (κ2) is 11.3. The molecule has 32 heavy (non-hydrogen) atoms. The van der Waals surface area contributed by atoms with Crippen molar-refractivity contribution in [3.8, 4) is 6.07 Å². The van der Waals surface area contributed by atoms with Gasteiger partial charge in [-0.15, -0.1) is 0 Å². The molecule has 0 radical (unpaired) electrons. The molecule has 1 N–H and O–H groups in total. The third kappa shape index (κ3) is 5.62. The van der Waals surface area contributed by atoms with E-state index in [0.717, 1.165) is 30.5 Å². The van der Waals surface area contributed by atoms with Gasteiger partial charge < -0.3 is 15.0 Å². The summed E-state index contributed by atoms with van der Waals surface area (Å²) < 4.78 is 5.45. The molecular weight excluding hydrogens is 406 g/mol. The number of hydrogen-bond donors (Lipinski definition) is 1. The summed E-state index contributed by atoms with van der Waals surface area (Å²) in [5, 5.41) is 12.7. The summed E-state index contributed by atoms with van der Waals surface area (Å²) in [6.07, 6.45) is 8.75. The van der Waals surface area contributed by atoms with Crippen molar-refractivity contribution in [2.75, 3.05) is 37.7 Å². The third-order valence-corrected chi connectivity index (χ3v) is 5.35. The van der Waals surface area contributed by atoms with Crippen LogP contribution in [0.3, 0.4) is 0 Å². The van der Waals surface area contributed by atoms with Crippen LogP contribution in [-0.2, 0) is 11.2 Å². The zero-order chi connectivity index (χ0) is 22.9. The molecule has 3 heterocycles. The maximum atomic E-state index is 13.1. The second-order valence-corrected chi connectivity index (χ2v) is 7.67. The molecule has 0 saturated carbocycles. The van der Waals surface area contributed by atoms with Crippen LogP contribution in [-0.4, -0.2) is 55.0 Å². The van der Waals surface area contributed by atoms with Crippen LogP contribution < -0.4 is 10.2 Å². The predicted molar refractivity (Wildman–Crippen MR) is 122 cm³/mol. The average molecular weight is 436 g/mol. The molecule has 0 bridgehead atoms. The first-order valence-electron chi connectivity index (χ1n) is 10.9. The molecule has 168 valence electrons. The highest BCUT2D eigenvalue weighted by molar-refractivity contribution is 5.93. The average Bonchev–Trinajstić information content (AvgIpc) is 2.83. The van der Waals surface area contributed by atoms with Crippen LogP contribution in [0.4, 0.5) is 10.6 Å². The molecule has 0 spiro atoms. The number of carbonyl (C=O) groups excluding carboxylic acids is 2. The summed E-state index contributed by atoms with van der Waals surface area (Å²) >= 11 is 0. The van der Waals surface area contributed by atoms with E-state index < -0.39 is 0 Å². The number of carbonyl (C=O) groups is 2. The van der Waals surface area contributed by atoms with Gasteiger partial charge in [0.2, 0.25) is 0 Å². The fourth-order valence-corrected chi connectivity index (χ4v) is 3.75. The van der Waals surface area contributed by atoms with Gasteiger partial charge in [0.1, 0.15) is 17.6 Å². The molecule has 1 aromatic heterocycles. The number of nitriles is 1. The third-order valence-electron chi connectivity index (χ3n) is 5.35. The SMILES string of the molecule is CC/C=C/C(C#N)=C(\C=C(/C)NC(=O)N1CCCc2ccc(C=O)nc21)N1CCOCC1. The van der Waals surface area contributed by atoms with E-state index in [1.54, 1.807) is 17.9 Å². The van der Waals surface area contributed by atoms with Crippen molar-refractivity contribution in [1.82, 2.24) is 15.2 Å². The molecule has 0 aromatic carbocycles. The maximum Gasteiger partial charge on any atom is 0.327 e. The van der Waals surface area contributed by atoms with Crippen LogP contribution in [0.15, 0.2) is 47.3 Å². The summed E-state index contributed by atoms with van der Waals surface area (Å²) in [7, 11) is 0. The van der Waals surface area contributed by atoms with Crippen molar-refractivity contribution in [3.05, 3.63) is 58.6 Å². The molecule has 8 nitrogen and oxygen atoms in total. The number of aromatic nitrogens is 1. The number of morpholine rings is 1. The zero-order valence-corrected chi connectivity index (χ0v) is 18.6. The highest BCUT2D eigenvalue weighted by atomic mass is 16.5. The monoisotopic (exact) mass is 435 g/mol. The normalized spacial score (nSPS) is 17.5. The number of ether oxygens (including phenoxy) is 1. The number of aryl methyl sites for hydroxylation is 1.